The fourth-order valence-corrected chi connectivity index (χ4v) is 2.58. The van der Waals surface area contributed by atoms with Crippen LogP contribution in [0.3, 0.4) is 0 Å². The molecule has 1 rings (SSSR count). The van der Waals surface area contributed by atoms with Crippen molar-refractivity contribution < 1.29 is 22.0 Å². The lowest BCUT2D eigenvalue weighted by Crippen LogP contribution is -2.34. The number of benzene rings is 1. The molecule has 0 aliphatic carbocycles. The van der Waals surface area contributed by atoms with Gasteiger partial charge in [-0.15, -0.1) is 11.8 Å². The van der Waals surface area contributed by atoms with Crippen molar-refractivity contribution in [2.45, 2.75) is 17.0 Å². The summed E-state index contributed by atoms with van der Waals surface area (Å²) in [6.07, 6.45) is -5.58. The Kier molecular flexibility index (Phi) is 5.45. The number of hydrogen-bond acceptors (Lipinski definition) is 1. The van der Waals surface area contributed by atoms with Crippen LogP contribution < -0.4 is 0 Å². The van der Waals surface area contributed by atoms with Crippen molar-refractivity contribution >= 4 is 34.4 Å². The lowest BCUT2D eigenvalue weighted by molar-refractivity contribution is -0.259. The first-order chi connectivity index (χ1) is 8.22. The summed E-state index contributed by atoms with van der Waals surface area (Å²) in [4.78, 5) is 0.815. The van der Waals surface area contributed by atoms with Gasteiger partial charge in [-0.3, -0.25) is 0 Å². The van der Waals surface area contributed by atoms with Crippen molar-refractivity contribution in [2.24, 2.45) is 0 Å². The fourth-order valence-electron chi connectivity index (χ4n) is 0.989. The summed E-state index contributed by atoms with van der Waals surface area (Å²) in [5, 5.41) is 0. The van der Waals surface area contributed by atoms with Gasteiger partial charge >= 0.3 is 12.1 Å². The van der Waals surface area contributed by atoms with E-state index >= 15 is 0 Å². The van der Waals surface area contributed by atoms with Crippen LogP contribution in [-0.2, 0) is 0 Å². The van der Waals surface area contributed by atoms with Crippen LogP contribution in [0.5, 0.6) is 0 Å². The van der Waals surface area contributed by atoms with Crippen LogP contribution in [0.1, 0.15) is 0 Å². The zero-order chi connectivity index (χ0) is 13.8. The first kappa shape index (κ1) is 15.7. The quantitative estimate of drug-likeness (QED) is 0.380. The van der Waals surface area contributed by atoms with Crippen LogP contribution >= 0.6 is 34.4 Å². The standard InChI is InChI=1S/C11H8F5IS/c12-10(13,11(14,15)16)6-8(17)7-18-9-4-2-1-3-5-9/h1-6H,7H2/b8-6+. The van der Waals surface area contributed by atoms with Gasteiger partial charge in [-0.05, 0) is 34.7 Å². The maximum absolute atomic E-state index is 12.7. The van der Waals surface area contributed by atoms with Crippen LogP contribution in [0.15, 0.2) is 44.9 Å². The first-order valence-corrected chi connectivity index (χ1v) is 6.78. The third-order valence-electron chi connectivity index (χ3n) is 1.84. The molecule has 0 saturated heterocycles. The summed E-state index contributed by atoms with van der Waals surface area (Å²) in [6.45, 7) is 0. The molecule has 0 aromatic heterocycles. The topological polar surface area (TPSA) is 0 Å². The second-order valence-electron chi connectivity index (χ2n) is 3.31. The van der Waals surface area contributed by atoms with E-state index in [0.717, 1.165) is 4.90 Å². The molecule has 0 amide bonds. The molecule has 0 unspecified atom stereocenters. The van der Waals surface area contributed by atoms with Crippen LogP contribution in [0.2, 0.25) is 0 Å². The minimum absolute atomic E-state index is 0.0382. The number of hydrogen-bond donors (Lipinski definition) is 0. The van der Waals surface area contributed by atoms with Crippen LogP contribution in [-0.4, -0.2) is 17.9 Å². The lowest BCUT2D eigenvalue weighted by atomic mass is 10.3. The van der Waals surface area contributed by atoms with Crippen molar-refractivity contribution in [1.82, 2.24) is 0 Å². The monoisotopic (exact) mass is 394 g/mol. The minimum Gasteiger partial charge on any atom is -0.191 e. The first-order valence-electron chi connectivity index (χ1n) is 4.72. The summed E-state index contributed by atoms with van der Waals surface area (Å²) in [5.41, 5.74) is 0. The molecule has 0 atom stereocenters. The van der Waals surface area contributed by atoms with Crippen molar-refractivity contribution in [2.75, 3.05) is 5.75 Å². The highest BCUT2D eigenvalue weighted by atomic mass is 127. The van der Waals surface area contributed by atoms with Crippen LogP contribution in [0.4, 0.5) is 22.0 Å². The van der Waals surface area contributed by atoms with E-state index in [1.807, 2.05) is 0 Å². The average molecular weight is 394 g/mol. The predicted octanol–water partition coefficient (Wildman–Crippen LogP) is 5.30. The predicted molar refractivity (Wildman–Crippen MR) is 70.3 cm³/mol. The zero-order valence-electron chi connectivity index (χ0n) is 8.85. The van der Waals surface area contributed by atoms with Gasteiger partial charge in [0.25, 0.3) is 0 Å². The molecule has 0 N–H and O–H groups in total. The highest BCUT2D eigenvalue weighted by Gasteiger charge is 2.55. The largest absolute Gasteiger partial charge is 0.457 e. The highest BCUT2D eigenvalue weighted by Crippen LogP contribution is 2.38. The molecule has 7 heteroatoms. The molecule has 1 aromatic carbocycles. The van der Waals surface area contributed by atoms with E-state index in [9.17, 15) is 22.0 Å². The van der Waals surface area contributed by atoms with E-state index in [4.69, 9.17) is 0 Å². The van der Waals surface area contributed by atoms with Gasteiger partial charge in [0.05, 0.1) is 0 Å². The molecule has 0 nitrogen and oxygen atoms in total. The lowest BCUT2D eigenvalue weighted by Gasteiger charge is -2.16. The molecule has 0 radical (unpaired) electrons. The molecule has 0 saturated carbocycles. The molecular formula is C11H8F5IS. The molecule has 0 spiro atoms. The number of alkyl halides is 5. The van der Waals surface area contributed by atoms with Gasteiger partial charge in [0.15, 0.2) is 0 Å². The van der Waals surface area contributed by atoms with E-state index in [1.165, 1.54) is 34.4 Å². The molecule has 0 fully saturated rings. The Bertz CT molecular complexity index is 413. The van der Waals surface area contributed by atoms with E-state index in [1.54, 1.807) is 30.3 Å². The van der Waals surface area contributed by atoms with Gasteiger partial charge < -0.3 is 0 Å². The van der Waals surface area contributed by atoms with Gasteiger partial charge in [0.2, 0.25) is 0 Å². The zero-order valence-corrected chi connectivity index (χ0v) is 11.8. The van der Waals surface area contributed by atoms with E-state index < -0.39 is 12.1 Å². The maximum atomic E-state index is 12.7. The summed E-state index contributed by atoms with van der Waals surface area (Å²) in [7, 11) is 0. The second-order valence-corrected chi connectivity index (χ2v) is 5.75. The SMILES string of the molecule is FC(F)(F)C(F)(F)/C=C(/I)CSc1ccccc1. The molecule has 1 aromatic rings. The smallest absolute Gasteiger partial charge is 0.191 e. The number of allylic oxidation sites excluding steroid dienone is 1. The van der Waals surface area contributed by atoms with E-state index in [-0.39, 0.29) is 15.4 Å². The van der Waals surface area contributed by atoms with Crippen molar-refractivity contribution in [3.8, 4) is 0 Å². The Morgan fingerprint density at radius 2 is 1.67 bits per heavy atom. The van der Waals surface area contributed by atoms with Gasteiger partial charge in [0, 0.05) is 20.3 Å². The summed E-state index contributed by atoms with van der Waals surface area (Å²) in [5.74, 6) is -4.70. The molecule has 0 aliphatic heterocycles. The van der Waals surface area contributed by atoms with Crippen molar-refractivity contribution in [3.63, 3.8) is 0 Å². The van der Waals surface area contributed by atoms with Crippen molar-refractivity contribution in [3.05, 3.63) is 40.0 Å². The Morgan fingerprint density at radius 3 is 2.17 bits per heavy atom. The van der Waals surface area contributed by atoms with Gasteiger partial charge in [-0.1, -0.05) is 18.2 Å². The molecule has 18 heavy (non-hydrogen) atoms. The maximum Gasteiger partial charge on any atom is 0.457 e. The van der Waals surface area contributed by atoms with Gasteiger partial charge in [0.1, 0.15) is 0 Å². The Morgan fingerprint density at radius 1 is 1.11 bits per heavy atom. The van der Waals surface area contributed by atoms with E-state index in [0.29, 0.717) is 0 Å². The molecule has 0 heterocycles. The summed E-state index contributed by atoms with van der Waals surface area (Å²) < 4.78 is 61.2. The Hall–Kier alpha value is -0.310. The second kappa shape index (κ2) is 6.23. The van der Waals surface area contributed by atoms with Gasteiger partial charge in [-0.2, -0.15) is 22.0 Å². The summed E-state index contributed by atoms with van der Waals surface area (Å²) >= 11 is 2.70. The molecule has 100 valence electrons. The normalized spacial score (nSPS) is 13.8. The summed E-state index contributed by atoms with van der Waals surface area (Å²) in [6, 6.07) is 8.85. The molecule has 0 bridgehead atoms. The molecule has 0 aliphatic rings. The highest BCUT2D eigenvalue weighted by molar-refractivity contribution is 14.1. The average Bonchev–Trinajstić information content (AvgIpc) is 2.26. The minimum atomic E-state index is -5.54. The number of halogens is 6. The third kappa shape index (κ3) is 4.75. The van der Waals surface area contributed by atoms with Crippen LogP contribution in [0.25, 0.3) is 0 Å². The number of rotatable bonds is 4. The third-order valence-corrected chi connectivity index (χ3v) is 4.11. The van der Waals surface area contributed by atoms with Crippen molar-refractivity contribution in [1.29, 1.82) is 0 Å². The molecular weight excluding hydrogens is 386 g/mol. The van der Waals surface area contributed by atoms with E-state index in [2.05, 4.69) is 0 Å². The Labute approximate surface area is 119 Å². The van der Waals surface area contributed by atoms with Gasteiger partial charge in [-0.25, -0.2) is 0 Å². The number of thioether (sulfide) groups is 1. The van der Waals surface area contributed by atoms with Crippen LogP contribution in [0, 0.1) is 0 Å². The Balaban J connectivity index is 2.63. The fraction of sp³-hybridized carbons (Fsp3) is 0.273.